The summed E-state index contributed by atoms with van der Waals surface area (Å²) in [6, 6.07) is 0.0162. The Kier molecular flexibility index (Phi) is 3.87. The topological polar surface area (TPSA) is 76.1 Å². The van der Waals surface area contributed by atoms with E-state index in [2.05, 4.69) is 0 Å². The van der Waals surface area contributed by atoms with E-state index in [-0.39, 0.29) is 18.0 Å². The van der Waals surface area contributed by atoms with Crippen LogP contribution in [-0.4, -0.2) is 59.4 Å². The molecule has 0 spiro atoms. The fraction of sp³-hybridized carbons (Fsp3) is 0.833. The van der Waals surface area contributed by atoms with Gasteiger partial charge in [0, 0.05) is 0 Å². The average Bonchev–Trinajstić information content (AvgIpc) is 2.77. The van der Waals surface area contributed by atoms with Crippen molar-refractivity contribution in [2.75, 3.05) is 13.2 Å². The highest BCUT2D eigenvalue weighted by atomic mass is 16.5. The standard InChI is InChI=1S/C12H19NO5/c1-7-5-17-6-8(2)13(7)11(14)9-3-4-10(18-9)12(15)16/h7-10H,3-6H2,1-2H3,(H,15,16)/t7?,8?,9-,10+/m0/s1. The maximum atomic E-state index is 12.3. The summed E-state index contributed by atoms with van der Waals surface area (Å²) >= 11 is 0. The Hall–Kier alpha value is -1.14. The monoisotopic (exact) mass is 257 g/mol. The Bertz CT molecular complexity index is 335. The summed E-state index contributed by atoms with van der Waals surface area (Å²) in [6.07, 6.45) is -0.578. The molecule has 2 aliphatic rings. The predicted octanol–water partition coefficient (Wildman–Crippen LogP) is 0.254. The first kappa shape index (κ1) is 13.3. The minimum Gasteiger partial charge on any atom is -0.479 e. The zero-order chi connectivity index (χ0) is 13.3. The number of carboxylic acid groups (broad SMARTS) is 1. The zero-order valence-electron chi connectivity index (χ0n) is 10.7. The van der Waals surface area contributed by atoms with Gasteiger partial charge in [0.1, 0.15) is 6.10 Å². The van der Waals surface area contributed by atoms with Crippen LogP contribution in [0.25, 0.3) is 0 Å². The number of morpholine rings is 1. The molecule has 0 aliphatic carbocycles. The number of ether oxygens (including phenoxy) is 2. The largest absolute Gasteiger partial charge is 0.479 e. The quantitative estimate of drug-likeness (QED) is 0.767. The molecule has 0 radical (unpaired) electrons. The number of rotatable bonds is 2. The number of aliphatic carboxylic acids is 1. The summed E-state index contributed by atoms with van der Waals surface area (Å²) in [7, 11) is 0. The van der Waals surface area contributed by atoms with Gasteiger partial charge in [-0.05, 0) is 26.7 Å². The van der Waals surface area contributed by atoms with Gasteiger partial charge in [-0.2, -0.15) is 0 Å². The van der Waals surface area contributed by atoms with E-state index in [4.69, 9.17) is 14.6 Å². The van der Waals surface area contributed by atoms with Crippen LogP contribution in [0.2, 0.25) is 0 Å². The van der Waals surface area contributed by atoms with E-state index in [1.807, 2.05) is 13.8 Å². The van der Waals surface area contributed by atoms with Gasteiger partial charge in [0.25, 0.3) is 5.91 Å². The maximum Gasteiger partial charge on any atom is 0.332 e. The lowest BCUT2D eigenvalue weighted by Crippen LogP contribution is -2.55. The maximum absolute atomic E-state index is 12.3. The molecule has 6 heteroatoms. The van der Waals surface area contributed by atoms with Crippen LogP contribution in [0.1, 0.15) is 26.7 Å². The summed E-state index contributed by atoms with van der Waals surface area (Å²) < 4.78 is 10.7. The highest BCUT2D eigenvalue weighted by molar-refractivity contribution is 5.83. The van der Waals surface area contributed by atoms with Crippen molar-refractivity contribution >= 4 is 11.9 Å². The molecule has 1 N–H and O–H groups in total. The van der Waals surface area contributed by atoms with Crippen LogP contribution < -0.4 is 0 Å². The first-order valence-electron chi connectivity index (χ1n) is 6.29. The van der Waals surface area contributed by atoms with E-state index in [0.29, 0.717) is 26.1 Å². The molecule has 2 heterocycles. The predicted molar refractivity (Wildman–Crippen MR) is 62.1 cm³/mol. The minimum atomic E-state index is -0.992. The number of carboxylic acids is 1. The zero-order valence-corrected chi connectivity index (χ0v) is 10.7. The molecule has 2 saturated heterocycles. The van der Waals surface area contributed by atoms with Crippen LogP contribution in [-0.2, 0) is 19.1 Å². The Labute approximate surface area is 106 Å². The summed E-state index contributed by atoms with van der Waals surface area (Å²) in [5, 5.41) is 8.86. The number of carbonyl (C=O) groups is 2. The van der Waals surface area contributed by atoms with Crippen molar-refractivity contribution < 1.29 is 24.2 Å². The average molecular weight is 257 g/mol. The SMILES string of the molecule is CC1COCC(C)N1C(=O)[C@@H]1CC[C@H](C(=O)O)O1. The third-order valence-corrected chi connectivity index (χ3v) is 3.49. The van der Waals surface area contributed by atoms with Crippen LogP contribution >= 0.6 is 0 Å². The number of nitrogens with zero attached hydrogens (tertiary/aromatic N) is 1. The molecule has 102 valence electrons. The molecule has 18 heavy (non-hydrogen) atoms. The normalized spacial score (nSPS) is 36.7. The van der Waals surface area contributed by atoms with Crippen LogP contribution in [0.5, 0.6) is 0 Å². The van der Waals surface area contributed by atoms with E-state index in [9.17, 15) is 9.59 Å². The van der Waals surface area contributed by atoms with Gasteiger partial charge in [-0.1, -0.05) is 0 Å². The smallest absolute Gasteiger partial charge is 0.332 e. The van der Waals surface area contributed by atoms with E-state index in [0.717, 1.165) is 0 Å². The fourth-order valence-corrected chi connectivity index (χ4v) is 2.61. The molecule has 6 nitrogen and oxygen atoms in total. The fourth-order valence-electron chi connectivity index (χ4n) is 2.61. The molecule has 0 aromatic heterocycles. The van der Waals surface area contributed by atoms with Gasteiger partial charge < -0.3 is 19.5 Å². The molecular formula is C12H19NO5. The Balaban J connectivity index is 2.01. The number of amides is 1. The van der Waals surface area contributed by atoms with Gasteiger partial charge in [0.2, 0.25) is 0 Å². The lowest BCUT2D eigenvalue weighted by molar-refractivity contribution is -0.161. The molecule has 2 aliphatic heterocycles. The van der Waals surface area contributed by atoms with Gasteiger partial charge in [-0.25, -0.2) is 4.79 Å². The second kappa shape index (κ2) is 5.24. The Morgan fingerprint density at radius 1 is 1.11 bits per heavy atom. The number of hydrogen-bond donors (Lipinski definition) is 1. The summed E-state index contributed by atoms with van der Waals surface area (Å²) in [5.41, 5.74) is 0. The van der Waals surface area contributed by atoms with E-state index in [1.165, 1.54) is 0 Å². The third-order valence-electron chi connectivity index (χ3n) is 3.49. The van der Waals surface area contributed by atoms with Crippen molar-refractivity contribution in [3.8, 4) is 0 Å². The van der Waals surface area contributed by atoms with Gasteiger partial charge in [0.15, 0.2) is 6.10 Å². The Morgan fingerprint density at radius 3 is 2.17 bits per heavy atom. The second-order valence-corrected chi connectivity index (χ2v) is 5.01. The van der Waals surface area contributed by atoms with Gasteiger partial charge in [-0.15, -0.1) is 0 Å². The van der Waals surface area contributed by atoms with E-state index < -0.39 is 18.2 Å². The molecular weight excluding hydrogens is 238 g/mol. The van der Waals surface area contributed by atoms with Gasteiger partial charge in [0.05, 0.1) is 25.3 Å². The summed E-state index contributed by atoms with van der Waals surface area (Å²) in [6.45, 7) is 4.89. The Morgan fingerprint density at radius 2 is 1.67 bits per heavy atom. The van der Waals surface area contributed by atoms with Crippen molar-refractivity contribution in [1.82, 2.24) is 4.90 Å². The molecule has 2 unspecified atom stereocenters. The van der Waals surface area contributed by atoms with Crippen molar-refractivity contribution in [2.24, 2.45) is 0 Å². The van der Waals surface area contributed by atoms with E-state index in [1.54, 1.807) is 4.90 Å². The van der Waals surface area contributed by atoms with Crippen molar-refractivity contribution in [1.29, 1.82) is 0 Å². The van der Waals surface area contributed by atoms with Crippen molar-refractivity contribution in [2.45, 2.75) is 51.0 Å². The number of carbonyl (C=O) groups excluding carboxylic acids is 1. The van der Waals surface area contributed by atoms with Crippen LogP contribution in [0.4, 0.5) is 0 Å². The molecule has 2 rings (SSSR count). The molecule has 0 aromatic carbocycles. The van der Waals surface area contributed by atoms with Gasteiger partial charge in [-0.3, -0.25) is 4.79 Å². The molecule has 0 aromatic rings. The molecule has 0 bridgehead atoms. The molecule has 0 saturated carbocycles. The van der Waals surface area contributed by atoms with Crippen LogP contribution in [0.3, 0.4) is 0 Å². The molecule has 2 fully saturated rings. The van der Waals surface area contributed by atoms with Crippen molar-refractivity contribution in [3.63, 3.8) is 0 Å². The van der Waals surface area contributed by atoms with Crippen molar-refractivity contribution in [3.05, 3.63) is 0 Å². The second-order valence-electron chi connectivity index (χ2n) is 5.01. The van der Waals surface area contributed by atoms with Crippen LogP contribution in [0, 0.1) is 0 Å². The summed E-state index contributed by atoms with van der Waals surface area (Å²) in [5.74, 6) is -1.10. The highest BCUT2D eigenvalue weighted by Crippen LogP contribution is 2.24. The number of hydrogen-bond acceptors (Lipinski definition) is 4. The minimum absolute atomic E-state index is 0.00808. The first-order valence-corrected chi connectivity index (χ1v) is 6.29. The highest BCUT2D eigenvalue weighted by Gasteiger charge is 2.40. The molecule has 4 atom stereocenters. The molecule has 1 amide bonds. The van der Waals surface area contributed by atoms with Crippen LogP contribution in [0.15, 0.2) is 0 Å². The lowest BCUT2D eigenvalue weighted by Gasteiger charge is -2.39. The van der Waals surface area contributed by atoms with Gasteiger partial charge >= 0.3 is 5.97 Å². The first-order chi connectivity index (χ1) is 8.50. The van der Waals surface area contributed by atoms with E-state index >= 15 is 0 Å². The third kappa shape index (κ3) is 2.49. The lowest BCUT2D eigenvalue weighted by atomic mass is 10.1. The summed E-state index contributed by atoms with van der Waals surface area (Å²) in [4.78, 5) is 24.9.